The molecule has 1 unspecified atom stereocenters. The molecule has 3 aromatic carbocycles. The second-order valence-electron chi connectivity index (χ2n) is 9.74. The van der Waals surface area contributed by atoms with Gasteiger partial charge in [-0.15, -0.1) is 0 Å². The Bertz CT molecular complexity index is 1540. The van der Waals surface area contributed by atoms with Crippen molar-refractivity contribution in [2.75, 3.05) is 25.7 Å². The van der Waals surface area contributed by atoms with Gasteiger partial charge in [-0.1, -0.05) is 28.1 Å². The first-order valence-electron chi connectivity index (χ1n) is 12.9. The Labute approximate surface area is 235 Å². The molecule has 1 atom stereocenters. The molecule has 2 aliphatic rings. The number of anilines is 1. The van der Waals surface area contributed by atoms with Crippen LogP contribution in [0.4, 0.5) is 5.69 Å². The fourth-order valence-electron chi connectivity index (χ4n) is 5.34. The molecule has 0 saturated heterocycles. The normalized spacial score (nSPS) is 15.8. The van der Waals surface area contributed by atoms with Crippen LogP contribution in [0.2, 0.25) is 0 Å². The summed E-state index contributed by atoms with van der Waals surface area (Å²) in [7, 11) is 3.24. The zero-order valence-corrected chi connectivity index (χ0v) is 23.3. The second-order valence-corrected chi connectivity index (χ2v) is 10.7. The molecule has 39 heavy (non-hydrogen) atoms. The lowest BCUT2D eigenvalue weighted by Gasteiger charge is -2.40. The van der Waals surface area contributed by atoms with Gasteiger partial charge in [0.1, 0.15) is 24.1 Å². The van der Waals surface area contributed by atoms with Crippen molar-refractivity contribution in [3.63, 3.8) is 0 Å². The number of carbonyl (C=O) groups is 2. The summed E-state index contributed by atoms with van der Waals surface area (Å²) in [4.78, 5) is 31.5. The maximum Gasteiger partial charge on any atom is 0.254 e. The molecule has 0 bridgehead atoms. The van der Waals surface area contributed by atoms with Gasteiger partial charge in [0.2, 0.25) is 5.91 Å². The summed E-state index contributed by atoms with van der Waals surface area (Å²) in [6, 6.07) is 24.3. The number of rotatable bonds is 7. The van der Waals surface area contributed by atoms with Crippen LogP contribution in [0.25, 0.3) is 5.69 Å². The SMILES string of the molecule is COc1ccc(OC)c(C2c3cccn3-c3ccccc3N2C(=O)CN(C(=O)c2ccc(Br)cc2)C2CC2)c1. The highest BCUT2D eigenvalue weighted by molar-refractivity contribution is 9.10. The van der Waals surface area contributed by atoms with E-state index in [1.165, 1.54) is 0 Å². The highest BCUT2D eigenvalue weighted by Gasteiger charge is 2.41. The number of amides is 2. The standard InChI is InChI=1S/C31H28BrN3O4/c1-38-23-15-16-28(39-2)24(18-23)30-27-8-5-17-33(27)25-6-3-4-7-26(25)35(30)29(36)19-34(22-13-14-22)31(37)20-9-11-21(32)12-10-20/h3-12,15-18,22,30H,13-14,19H2,1-2H3. The summed E-state index contributed by atoms with van der Waals surface area (Å²) in [5, 5.41) is 0. The molecule has 198 valence electrons. The minimum atomic E-state index is -0.490. The Kier molecular flexibility index (Phi) is 6.64. The van der Waals surface area contributed by atoms with Gasteiger partial charge >= 0.3 is 0 Å². The van der Waals surface area contributed by atoms with Gasteiger partial charge in [0.05, 0.1) is 31.3 Å². The number of ether oxygens (including phenoxy) is 2. The van der Waals surface area contributed by atoms with E-state index < -0.39 is 6.04 Å². The molecule has 7 nitrogen and oxygen atoms in total. The van der Waals surface area contributed by atoms with E-state index in [0.29, 0.717) is 17.1 Å². The predicted octanol–water partition coefficient (Wildman–Crippen LogP) is 6.00. The van der Waals surface area contributed by atoms with E-state index in [4.69, 9.17) is 9.47 Å². The molecule has 2 heterocycles. The zero-order valence-electron chi connectivity index (χ0n) is 21.7. The van der Waals surface area contributed by atoms with Crippen LogP contribution < -0.4 is 14.4 Å². The number of aromatic nitrogens is 1. The van der Waals surface area contributed by atoms with Gasteiger partial charge in [0, 0.05) is 27.8 Å². The molecule has 1 aliphatic heterocycles. The van der Waals surface area contributed by atoms with Crippen LogP contribution in [0.5, 0.6) is 11.5 Å². The average molecular weight is 586 g/mol. The van der Waals surface area contributed by atoms with Crippen LogP contribution in [0.3, 0.4) is 0 Å². The molecule has 0 N–H and O–H groups in total. The van der Waals surface area contributed by atoms with Crippen molar-refractivity contribution >= 4 is 33.4 Å². The zero-order chi connectivity index (χ0) is 27.1. The van der Waals surface area contributed by atoms with Crippen molar-refractivity contribution < 1.29 is 19.1 Å². The first-order valence-corrected chi connectivity index (χ1v) is 13.7. The van der Waals surface area contributed by atoms with E-state index in [0.717, 1.165) is 39.9 Å². The van der Waals surface area contributed by atoms with E-state index >= 15 is 0 Å². The molecule has 0 spiro atoms. The summed E-state index contributed by atoms with van der Waals surface area (Å²) >= 11 is 3.43. The number of hydrogen-bond donors (Lipinski definition) is 0. The minimum absolute atomic E-state index is 0.0304. The Morgan fingerprint density at radius 1 is 0.923 bits per heavy atom. The number of hydrogen-bond acceptors (Lipinski definition) is 4. The second kappa shape index (κ2) is 10.3. The van der Waals surface area contributed by atoms with Crippen molar-refractivity contribution in [2.45, 2.75) is 24.9 Å². The van der Waals surface area contributed by atoms with Crippen molar-refractivity contribution in [1.29, 1.82) is 0 Å². The largest absolute Gasteiger partial charge is 0.497 e. The summed E-state index contributed by atoms with van der Waals surface area (Å²) in [6.45, 7) is -0.0304. The third-order valence-electron chi connectivity index (χ3n) is 7.36. The average Bonchev–Trinajstić information content (AvgIpc) is 3.69. The lowest BCUT2D eigenvalue weighted by atomic mass is 9.96. The molecule has 0 radical (unpaired) electrons. The number of fused-ring (bicyclic) bond motifs is 3. The van der Waals surface area contributed by atoms with Gasteiger partial charge in [-0.3, -0.25) is 14.5 Å². The predicted molar refractivity (Wildman–Crippen MR) is 153 cm³/mol. The molecular weight excluding hydrogens is 558 g/mol. The molecule has 4 aromatic rings. The third kappa shape index (κ3) is 4.59. The first-order chi connectivity index (χ1) is 19.0. The molecule has 1 saturated carbocycles. The Morgan fingerprint density at radius 3 is 2.36 bits per heavy atom. The lowest BCUT2D eigenvalue weighted by Crippen LogP contribution is -2.47. The van der Waals surface area contributed by atoms with Crippen LogP contribution in [0.1, 0.15) is 40.5 Å². The fourth-order valence-corrected chi connectivity index (χ4v) is 5.61. The van der Waals surface area contributed by atoms with Crippen molar-refractivity contribution in [3.05, 3.63) is 106 Å². The number of halogens is 1. The van der Waals surface area contributed by atoms with E-state index in [2.05, 4.69) is 20.5 Å². The van der Waals surface area contributed by atoms with Crippen molar-refractivity contribution in [1.82, 2.24) is 9.47 Å². The Morgan fingerprint density at radius 2 is 1.67 bits per heavy atom. The third-order valence-corrected chi connectivity index (χ3v) is 7.89. The highest BCUT2D eigenvalue weighted by atomic mass is 79.9. The molecule has 6 rings (SSSR count). The van der Waals surface area contributed by atoms with Crippen LogP contribution in [-0.4, -0.2) is 48.1 Å². The maximum absolute atomic E-state index is 14.4. The molecule has 8 heteroatoms. The van der Waals surface area contributed by atoms with Crippen molar-refractivity contribution in [3.8, 4) is 17.2 Å². The van der Waals surface area contributed by atoms with Gasteiger partial charge in [-0.2, -0.15) is 0 Å². The molecule has 1 fully saturated rings. The van der Waals surface area contributed by atoms with E-state index in [1.807, 2.05) is 77.8 Å². The fraction of sp³-hybridized carbons (Fsp3) is 0.226. The van der Waals surface area contributed by atoms with Crippen molar-refractivity contribution in [2.24, 2.45) is 0 Å². The monoisotopic (exact) mass is 585 g/mol. The lowest BCUT2D eigenvalue weighted by molar-refractivity contribution is -0.119. The van der Waals surface area contributed by atoms with Gasteiger partial charge < -0.3 is 18.9 Å². The van der Waals surface area contributed by atoms with E-state index in [9.17, 15) is 9.59 Å². The summed E-state index contributed by atoms with van der Waals surface area (Å²) < 4.78 is 14.3. The van der Waals surface area contributed by atoms with E-state index in [-0.39, 0.29) is 24.4 Å². The maximum atomic E-state index is 14.4. The van der Waals surface area contributed by atoms with Gasteiger partial charge in [0.15, 0.2) is 0 Å². The number of para-hydroxylation sites is 2. The van der Waals surface area contributed by atoms with Gasteiger partial charge in [-0.05, 0) is 79.6 Å². The van der Waals surface area contributed by atoms with Gasteiger partial charge in [-0.25, -0.2) is 0 Å². The number of benzene rings is 3. The first kappa shape index (κ1) is 25.2. The molecular formula is C31H28BrN3O4. The van der Waals surface area contributed by atoms with E-state index in [1.54, 1.807) is 31.3 Å². The molecule has 1 aromatic heterocycles. The van der Waals surface area contributed by atoms with Crippen LogP contribution in [0.15, 0.2) is 89.5 Å². The van der Waals surface area contributed by atoms with Crippen LogP contribution in [-0.2, 0) is 4.79 Å². The minimum Gasteiger partial charge on any atom is -0.497 e. The van der Waals surface area contributed by atoms with Gasteiger partial charge in [0.25, 0.3) is 5.91 Å². The smallest absolute Gasteiger partial charge is 0.254 e. The summed E-state index contributed by atoms with van der Waals surface area (Å²) in [5.41, 5.74) is 3.97. The van der Waals surface area contributed by atoms with Crippen LogP contribution >= 0.6 is 15.9 Å². The highest BCUT2D eigenvalue weighted by Crippen LogP contribution is 2.45. The summed E-state index contributed by atoms with van der Waals surface area (Å²) in [5.74, 6) is 1.01. The van der Waals surface area contributed by atoms with Crippen LogP contribution in [0, 0.1) is 0 Å². The Hall–Kier alpha value is -4.04. The Balaban J connectivity index is 1.45. The molecule has 2 amide bonds. The number of methoxy groups -OCH3 is 2. The molecule has 1 aliphatic carbocycles. The number of nitrogens with zero attached hydrogens (tertiary/aromatic N) is 3. The summed E-state index contributed by atoms with van der Waals surface area (Å²) in [6.07, 6.45) is 3.79. The quantitative estimate of drug-likeness (QED) is 0.267. The number of carbonyl (C=O) groups excluding carboxylic acids is 2. The topological polar surface area (TPSA) is 64.0 Å².